The number of hydrogen-bond acceptors (Lipinski definition) is 1. The van der Waals surface area contributed by atoms with Gasteiger partial charge in [0.15, 0.2) is 0 Å². The van der Waals surface area contributed by atoms with E-state index in [-0.39, 0.29) is 6.61 Å². The normalized spacial score (nSPS) is 9.44. The molecule has 1 aromatic rings. The first-order valence-corrected chi connectivity index (χ1v) is 3.87. The van der Waals surface area contributed by atoms with Crippen LogP contribution in [0.5, 0.6) is 0 Å². The Hall–Kier alpha value is -0.0304. The van der Waals surface area contributed by atoms with E-state index in [9.17, 15) is 0 Å². The molecule has 0 fully saturated rings. The van der Waals surface area contributed by atoms with Crippen molar-refractivity contribution in [3.8, 4) is 0 Å². The topological polar surface area (TPSA) is 20.2 Å². The second-order valence-corrected chi connectivity index (χ2v) is 3.02. The molecule has 1 N–H and O–H groups in total. The summed E-state index contributed by atoms with van der Waals surface area (Å²) in [5.74, 6) is 0. The Labute approximate surface area is 67.6 Å². The Bertz CT molecular complexity index is 198. The first-order chi connectivity index (χ1) is 4.34. The van der Waals surface area contributed by atoms with Gasteiger partial charge < -0.3 is 0 Å². The zero-order valence-corrected chi connectivity index (χ0v) is 7.20. The van der Waals surface area contributed by atoms with E-state index in [4.69, 9.17) is 5.11 Å². The maximum atomic E-state index is 8.72. The van der Waals surface area contributed by atoms with Crippen molar-refractivity contribution in [2.24, 2.45) is 0 Å². The van der Waals surface area contributed by atoms with Crippen LogP contribution in [0.4, 0.5) is 0 Å². The Morgan fingerprint density at radius 3 is 2.44 bits per heavy atom. The van der Waals surface area contributed by atoms with Crippen LogP contribution < -0.4 is 3.61 Å². The van der Waals surface area contributed by atoms with Gasteiger partial charge in [0, 0.05) is 0 Å². The number of aliphatic hydroxyl groups is 1. The third-order valence-corrected chi connectivity index (χ3v) is 2.28. The van der Waals surface area contributed by atoms with Crippen molar-refractivity contribution in [1.29, 1.82) is 0 Å². The van der Waals surface area contributed by atoms with Gasteiger partial charge in [0.2, 0.25) is 0 Å². The zero-order chi connectivity index (χ0) is 6.69. The van der Waals surface area contributed by atoms with E-state index < -0.39 is 0 Å². The van der Waals surface area contributed by atoms with Crippen LogP contribution >= 0.6 is 0 Å². The van der Waals surface area contributed by atoms with Gasteiger partial charge in [0.1, 0.15) is 0 Å². The van der Waals surface area contributed by atoms with E-state index in [2.05, 4.69) is 0 Å². The zero-order valence-electron chi connectivity index (χ0n) is 4.87. The van der Waals surface area contributed by atoms with E-state index in [1.54, 1.807) is 0 Å². The van der Waals surface area contributed by atoms with Crippen LogP contribution in [-0.4, -0.2) is 27.4 Å². The summed E-state index contributed by atoms with van der Waals surface area (Å²) < 4.78 is 1.16. The first kappa shape index (κ1) is 7.08. The van der Waals surface area contributed by atoms with Gasteiger partial charge in [0.05, 0.1) is 0 Å². The molecule has 1 rings (SSSR count). The molecular weight excluding hydrogens is 228 g/mol. The molecule has 0 saturated carbocycles. The number of aliphatic hydroxyl groups excluding tert-OH is 1. The fourth-order valence-corrected chi connectivity index (χ4v) is 1.24. The van der Waals surface area contributed by atoms with Crippen molar-refractivity contribution >= 4 is 25.9 Å². The van der Waals surface area contributed by atoms with Gasteiger partial charge in [-0.2, -0.15) is 0 Å². The second-order valence-electron chi connectivity index (χ2n) is 1.77. The molecule has 0 amide bonds. The van der Waals surface area contributed by atoms with Gasteiger partial charge in [-0.3, -0.25) is 0 Å². The summed E-state index contributed by atoms with van der Waals surface area (Å²) >= 11 is 1.92. The molecule has 0 aromatic heterocycles. The quantitative estimate of drug-likeness (QED) is 0.677. The Morgan fingerprint density at radius 2 is 2.00 bits per heavy atom. The molecule has 0 spiro atoms. The van der Waals surface area contributed by atoms with Crippen LogP contribution in [0.25, 0.3) is 0 Å². The molecule has 0 unspecified atom stereocenters. The third kappa shape index (κ3) is 1.69. The number of rotatable bonds is 1. The Morgan fingerprint density at radius 1 is 1.33 bits per heavy atom. The van der Waals surface area contributed by atoms with Gasteiger partial charge in [-0.1, -0.05) is 0 Å². The van der Waals surface area contributed by atoms with Crippen molar-refractivity contribution in [3.05, 3.63) is 29.8 Å². The molecule has 0 heterocycles. The SMILES string of the molecule is OCc1ccccc1[Te]. The maximum absolute atomic E-state index is 8.72. The van der Waals surface area contributed by atoms with Crippen molar-refractivity contribution in [3.63, 3.8) is 0 Å². The molecule has 9 heavy (non-hydrogen) atoms. The van der Waals surface area contributed by atoms with E-state index >= 15 is 0 Å². The molecule has 0 aliphatic heterocycles. The predicted octanol–water partition coefficient (Wildman–Crippen LogP) is -0.0273. The molecule has 1 radical (unpaired) electrons. The summed E-state index contributed by atoms with van der Waals surface area (Å²) in [6.45, 7) is 0.148. The predicted molar refractivity (Wildman–Crippen MR) is 37.8 cm³/mol. The van der Waals surface area contributed by atoms with Gasteiger partial charge in [-0.25, -0.2) is 0 Å². The third-order valence-electron chi connectivity index (χ3n) is 1.14. The van der Waals surface area contributed by atoms with Crippen LogP contribution in [0.15, 0.2) is 24.3 Å². The van der Waals surface area contributed by atoms with Gasteiger partial charge >= 0.3 is 67.4 Å². The Kier molecular flexibility index (Phi) is 2.53. The number of hydrogen-bond donors (Lipinski definition) is 1. The van der Waals surface area contributed by atoms with E-state index in [1.165, 1.54) is 0 Å². The van der Waals surface area contributed by atoms with E-state index in [1.807, 2.05) is 46.6 Å². The van der Waals surface area contributed by atoms with Crippen molar-refractivity contribution in [2.45, 2.75) is 6.61 Å². The monoisotopic (exact) mass is 237 g/mol. The van der Waals surface area contributed by atoms with Crippen LogP contribution in [0.2, 0.25) is 0 Å². The molecule has 0 aliphatic carbocycles. The minimum atomic E-state index is 0.148. The summed E-state index contributed by atoms with van der Waals surface area (Å²) in [7, 11) is 0. The molecular formula is C7H7OTe. The van der Waals surface area contributed by atoms with E-state index in [0.29, 0.717) is 0 Å². The minimum absolute atomic E-state index is 0.148. The standard InChI is InChI=1S/C7H7OTe/c8-5-6-3-1-2-4-7(6)9/h1-4,8H,5H2. The molecule has 2 heteroatoms. The first-order valence-electron chi connectivity index (χ1n) is 2.70. The van der Waals surface area contributed by atoms with Crippen molar-refractivity contribution in [1.82, 2.24) is 0 Å². The molecule has 0 saturated heterocycles. The van der Waals surface area contributed by atoms with Gasteiger partial charge in [-0.05, 0) is 0 Å². The van der Waals surface area contributed by atoms with Crippen LogP contribution in [0, 0.1) is 0 Å². The number of benzene rings is 1. The summed E-state index contributed by atoms with van der Waals surface area (Å²) in [5.41, 5.74) is 1.02. The summed E-state index contributed by atoms with van der Waals surface area (Å²) in [4.78, 5) is 0. The van der Waals surface area contributed by atoms with Gasteiger partial charge in [-0.15, -0.1) is 0 Å². The fraction of sp³-hybridized carbons (Fsp3) is 0.143. The van der Waals surface area contributed by atoms with Crippen molar-refractivity contribution < 1.29 is 5.11 Å². The molecule has 0 aliphatic rings. The summed E-state index contributed by atoms with van der Waals surface area (Å²) in [5, 5.41) is 8.72. The second kappa shape index (κ2) is 3.22. The fourth-order valence-electron chi connectivity index (χ4n) is 0.634. The van der Waals surface area contributed by atoms with Crippen LogP contribution in [0.1, 0.15) is 5.56 Å². The summed E-state index contributed by atoms with van der Waals surface area (Å²) in [6.07, 6.45) is 0. The average molecular weight is 235 g/mol. The molecule has 1 nitrogen and oxygen atoms in total. The molecule has 1 aromatic carbocycles. The van der Waals surface area contributed by atoms with Crippen LogP contribution in [0.3, 0.4) is 0 Å². The van der Waals surface area contributed by atoms with Gasteiger partial charge in [0.25, 0.3) is 0 Å². The van der Waals surface area contributed by atoms with E-state index in [0.717, 1.165) is 9.17 Å². The molecule has 0 bridgehead atoms. The molecule has 0 atom stereocenters. The molecule has 47 valence electrons. The Balaban J connectivity index is 3.01. The average Bonchev–Trinajstić information content (AvgIpc) is 1.89. The summed E-state index contributed by atoms with van der Waals surface area (Å²) in [6, 6.07) is 7.82. The van der Waals surface area contributed by atoms with Crippen molar-refractivity contribution in [2.75, 3.05) is 0 Å². The van der Waals surface area contributed by atoms with Crippen LogP contribution in [-0.2, 0) is 6.61 Å².